The van der Waals surface area contributed by atoms with Crippen molar-refractivity contribution in [3.8, 4) is 5.75 Å². The molecule has 23 heavy (non-hydrogen) atoms. The van der Waals surface area contributed by atoms with Gasteiger partial charge in [-0.2, -0.15) is 0 Å². The third-order valence-corrected chi connectivity index (χ3v) is 3.52. The number of fused-ring (bicyclic) bond motifs is 1. The van der Waals surface area contributed by atoms with E-state index in [0.29, 0.717) is 23.9 Å². The minimum absolute atomic E-state index is 0.194. The summed E-state index contributed by atoms with van der Waals surface area (Å²) in [6.07, 6.45) is -0.712. The fourth-order valence-corrected chi connectivity index (χ4v) is 2.56. The molecule has 2 heterocycles. The Kier molecular flexibility index (Phi) is 3.69. The summed E-state index contributed by atoms with van der Waals surface area (Å²) in [6.45, 7) is 4.04. The Hall–Kier alpha value is -2.60. The summed E-state index contributed by atoms with van der Waals surface area (Å²) in [5.41, 5.74) is 12.1. The van der Waals surface area contributed by atoms with Crippen LogP contribution in [0.5, 0.6) is 5.75 Å². The molecule has 0 saturated carbocycles. The highest BCUT2D eigenvalue weighted by molar-refractivity contribution is 5.99. The van der Waals surface area contributed by atoms with E-state index in [0.717, 1.165) is 5.56 Å². The number of pyridine rings is 1. The van der Waals surface area contributed by atoms with Crippen molar-refractivity contribution in [2.75, 3.05) is 17.2 Å². The van der Waals surface area contributed by atoms with Crippen LogP contribution in [-0.4, -0.2) is 23.0 Å². The highest BCUT2D eigenvalue weighted by Gasteiger charge is 2.38. The maximum atomic E-state index is 12.9. The van der Waals surface area contributed by atoms with Gasteiger partial charge in [-0.05, 0) is 26.0 Å². The van der Waals surface area contributed by atoms with E-state index < -0.39 is 11.6 Å². The maximum Gasteiger partial charge on any atom is 0.274 e. The first-order valence-electron chi connectivity index (χ1n) is 7.43. The molecule has 6 nitrogen and oxygen atoms in total. The van der Waals surface area contributed by atoms with Crippen LogP contribution >= 0.6 is 0 Å². The predicted octanol–water partition coefficient (Wildman–Crippen LogP) is 1.87. The predicted molar refractivity (Wildman–Crippen MR) is 89.1 cm³/mol. The molecule has 2 aromatic rings. The number of hydrogen-bond donors (Lipinski definition) is 2. The highest BCUT2D eigenvalue weighted by atomic mass is 16.5. The molecule has 120 valence electrons. The Morgan fingerprint density at radius 1 is 1.22 bits per heavy atom. The minimum Gasteiger partial charge on any atom is -0.472 e. The van der Waals surface area contributed by atoms with Gasteiger partial charge in [0.05, 0.1) is 0 Å². The molecule has 1 atom stereocenters. The maximum absolute atomic E-state index is 12.9. The van der Waals surface area contributed by atoms with Crippen molar-refractivity contribution in [3.05, 3.63) is 48.0 Å². The Bertz CT molecular complexity index is 725. The first-order valence-corrected chi connectivity index (χ1v) is 7.43. The van der Waals surface area contributed by atoms with Crippen LogP contribution in [0.15, 0.2) is 42.5 Å². The summed E-state index contributed by atoms with van der Waals surface area (Å²) >= 11 is 0. The molecule has 1 unspecified atom stereocenters. The number of anilines is 2. The quantitative estimate of drug-likeness (QED) is 0.902. The standard InChI is InChI=1S/C17H20N4O2/c1-17(2,19)10-21-15-12(8-9-13(18)20-15)23-14(16(21)22)11-6-4-3-5-7-11/h3-9,14H,10,19H2,1-2H3,(H2,18,20). The van der Waals surface area contributed by atoms with E-state index in [1.54, 1.807) is 17.0 Å². The molecule has 1 aromatic heterocycles. The summed E-state index contributed by atoms with van der Waals surface area (Å²) in [6, 6.07) is 12.8. The van der Waals surface area contributed by atoms with E-state index in [-0.39, 0.29) is 5.91 Å². The molecule has 0 aliphatic carbocycles. The summed E-state index contributed by atoms with van der Waals surface area (Å²) < 4.78 is 5.88. The lowest BCUT2D eigenvalue weighted by Gasteiger charge is -2.36. The van der Waals surface area contributed by atoms with E-state index >= 15 is 0 Å². The SMILES string of the molecule is CC(C)(N)CN1C(=O)C(c2ccccc2)Oc2ccc(N)nc21. The fraction of sp³-hybridized carbons (Fsp3) is 0.294. The van der Waals surface area contributed by atoms with Gasteiger partial charge in [0.2, 0.25) is 6.10 Å². The number of rotatable bonds is 3. The van der Waals surface area contributed by atoms with Crippen molar-refractivity contribution in [3.63, 3.8) is 0 Å². The van der Waals surface area contributed by atoms with E-state index in [9.17, 15) is 4.79 Å². The highest BCUT2D eigenvalue weighted by Crippen LogP contribution is 2.38. The number of hydrogen-bond acceptors (Lipinski definition) is 5. The van der Waals surface area contributed by atoms with Crippen LogP contribution < -0.4 is 21.1 Å². The number of nitrogens with zero attached hydrogens (tertiary/aromatic N) is 2. The largest absolute Gasteiger partial charge is 0.472 e. The molecule has 6 heteroatoms. The number of benzene rings is 1. The number of nitrogens with two attached hydrogens (primary N) is 2. The van der Waals surface area contributed by atoms with Crippen LogP contribution in [0, 0.1) is 0 Å². The second kappa shape index (κ2) is 5.55. The van der Waals surface area contributed by atoms with Crippen molar-refractivity contribution >= 4 is 17.5 Å². The Morgan fingerprint density at radius 2 is 1.91 bits per heavy atom. The molecule has 0 fully saturated rings. The first kappa shape index (κ1) is 15.3. The first-order chi connectivity index (χ1) is 10.8. The molecule has 1 aromatic carbocycles. The van der Waals surface area contributed by atoms with Crippen molar-refractivity contribution in [2.45, 2.75) is 25.5 Å². The van der Waals surface area contributed by atoms with Gasteiger partial charge in [0, 0.05) is 17.6 Å². The zero-order valence-electron chi connectivity index (χ0n) is 13.2. The van der Waals surface area contributed by atoms with Crippen molar-refractivity contribution in [2.24, 2.45) is 5.73 Å². The van der Waals surface area contributed by atoms with Crippen molar-refractivity contribution < 1.29 is 9.53 Å². The van der Waals surface area contributed by atoms with Crippen LogP contribution in [0.2, 0.25) is 0 Å². The molecule has 0 saturated heterocycles. The molecule has 1 aliphatic heterocycles. The van der Waals surface area contributed by atoms with E-state index in [1.165, 1.54) is 0 Å². The van der Waals surface area contributed by atoms with Gasteiger partial charge in [-0.25, -0.2) is 4.98 Å². The molecule has 3 rings (SSSR count). The number of nitrogen functional groups attached to an aromatic ring is 1. The number of aromatic nitrogens is 1. The zero-order valence-corrected chi connectivity index (χ0v) is 13.2. The lowest BCUT2D eigenvalue weighted by molar-refractivity contribution is -0.126. The van der Waals surface area contributed by atoms with Crippen LogP contribution in [0.4, 0.5) is 11.6 Å². The molecule has 4 N–H and O–H groups in total. The third kappa shape index (κ3) is 3.12. The molecule has 1 amide bonds. The Balaban J connectivity index is 2.06. The Morgan fingerprint density at radius 3 is 2.57 bits per heavy atom. The summed E-state index contributed by atoms with van der Waals surface area (Å²) in [7, 11) is 0. The van der Waals surface area contributed by atoms with Crippen LogP contribution in [0.1, 0.15) is 25.5 Å². The summed E-state index contributed by atoms with van der Waals surface area (Å²) in [5, 5.41) is 0. The third-order valence-electron chi connectivity index (χ3n) is 3.52. The van der Waals surface area contributed by atoms with E-state index in [2.05, 4.69) is 4.98 Å². The molecule has 0 radical (unpaired) electrons. The molecular formula is C17H20N4O2. The average Bonchev–Trinajstić information content (AvgIpc) is 2.50. The molecule has 1 aliphatic rings. The number of carbonyl (C=O) groups is 1. The minimum atomic E-state index is -0.712. The van der Waals surface area contributed by atoms with Gasteiger partial charge in [-0.3, -0.25) is 9.69 Å². The van der Waals surface area contributed by atoms with Crippen LogP contribution in [0.3, 0.4) is 0 Å². The second-order valence-corrected chi connectivity index (χ2v) is 6.38. The lowest BCUT2D eigenvalue weighted by atomic mass is 10.0. The number of ether oxygens (including phenoxy) is 1. The van der Waals surface area contributed by atoms with Gasteiger partial charge < -0.3 is 16.2 Å². The molecular weight excluding hydrogens is 292 g/mol. The monoisotopic (exact) mass is 312 g/mol. The topological polar surface area (TPSA) is 94.5 Å². The van der Waals surface area contributed by atoms with Gasteiger partial charge in [-0.1, -0.05) is 30.3 Å². The van der Waals surface area contributed by atoms with Crippen molar-refractivity contribution in [1.82, 2.24) is 4.98 Å². The normalized spacial score (nSPS) is 17.6. The van der Waals surface area contributed by atoms with E-state index in [1.807, 2.05) is 44.2 Å². The van der Waals surface area contributed by atoms with Gasteiger partial charge >= 0.3 is 0 Å². The Labute approximate surface area is 135 Å². The van der Waals surface area contributed by atoms with Gasteiger partial charge in [0.15, 0.2) is 11.6 Å². The molecule has 0 bridgehead atoms. The molecule has 0 spiro atoms. The van der Waals surface area contributed by atoms with Crippen LogP contribution in [0.25, 0.3) is 0 Å². The lowest BCUT2D eigenvalue weighted by Crippen LogP contribution is -2.51. The number of amides is 1. The second-order valence-electron chi connectivity index (χ2n) is 6.38. The van der Waals surface area contributed by atoms with Gasteiger partial charge in [0.25, 0.3) is 5.91 Å². The zero-order chi connectivity index (χ0) is 16.6. The van der Waals surface area contributed by atoms with Crippen LogP contribution in [-0.2, 0) is 4.79 Å². The fourth-order valence-electron chi connectivity index (χ4n) is 2.56. The number of carbonyl (C=O) groups excluding carboxylic acids is 1. The summed E-state index contributed by atoms with van der Waals surface area (Å²) in [4.78, 5) is 18.8. The van der Waals surface area contributed by atoms with Gasteiger partial charge in [-0.15, -0.1) is 0 Å². The smallest absolute Gasteiger partial charge is 0.274 e. The summed E-state index contributed by atoms with van der Waals surface area (Å²) in [5.74, 6) is 1.08. The van der Waals surface area contributed by atoms with Gasteiger partial charge in [0.1, 0.15) is 5.82 Å². The van der Waals surface area contributed by atoms with Crippen molar-refractivity contribution in [1.29, 1.82) is 0 Å². The average molecular weight is 312 g/mol. The van der Waals surface area contributed by atoms with E-state index in [4.69, 9.17) is 16.2 Å².